The van der Waals surface area contributed by atoms with Gasteiger partial charge in [-0.2, -0.15) is 0 Å². The molecule has 1 atom stereocenters. The van der Waals surface area contributed by atoms with Gasteiger partial charge in [0, 0.05) is 51.4 Å². The first kappa shape index (κ1) is 24.0. The maximum atomic E-state index is 12.4. The normalized spacial score (nSPS) is 20.0. The van der Waals surface area contributed by atoms with Gasteiger partial charge in [-0.3, -0.25) is 15.0 Å². The molecular weight excluding hydrogens is 416 g/mol. The molecule has 2 N–H and O–H groups in total. The van der Waals surface area contributed by atoms with E-state index in [1.165, 1.54) is 6.07 Å². The number of carbonyl (C=O) groups is 1. The molecule has 1 unspecified atom stereocenters. The second-order valence-electron chi connectivity index (χ2n) is 9.11. The third-order valence-corrected chi connectivity index (χ3v) is 5.32. The number of hydrogen-bond donors (Lipinski definition) is 2. The molecule has 0 bridgehead atoms. The second kappa shape index (κ2) is 10.8. The number of nitrogens with zero attached hydrogens (tertiary/aromatic N) is 4. The Kier molecular flexibility index (Phi) is 8.08. The van der Waals surface area contributed by atoms with Gasteiger partial charge < -0.3 is 25.0 Å². The van der Waals surface area contributed by atoms with E-state index in [4.69, 9.17) is 9.47 Å². The highest BCUT2D eigenvalue weighted by Gasteiger charge is 2.28. The molecule has 2 aliphatic heterocycles. The van der Waals surface area contributed by atoms with Gasteiger partial charge in [0.05, 0.1) is 18.1 Å². The van der Waals surface area contributed by atoms with E-state index in [-0.39, 0.29) is 23.6 Å². The Labute approximate surface area is 188 Å². The number of morpholine rings is 1. The maximum absolute atomic E-state index is 12.4. The van der Waals surface area contributed by atoms with Crippen molar-refractivity contribution in [3.63, 3.8) is 0 Å². The Morgan fingerprint density at radius 1 is 1.31 bits per heavy atom. The van der Waals surface area contributed by atoms with Crippen LogP contribution in [0, 0.1) is 10.1 Å². The lowest BCUT2D eigenvalue weighted by Crippen LogP contribution is -2.47. The zero-order valence-corrected chi connectivity index (χ0v) is 19.1. The van der Waals surface area contributed by atoms with Crippen LogP contribution in [0.15, 0.2) is 12.1 Å². The quantitative estimate of drug-likeness (QED) is 0.476. The van der Waals surface area contributed by atoms with Crippen LogP contribution >= 0.6 is 0 Å². The van der Waals surface area contributed by atoms with Crippen molar-refractivity contribution in [1.29, 1.82) is 0 Å². The number of piperidine rings is 1. The Morgan fingerprint density at radius 3 is 2.75 bits per heavy atom. The monoisotopic (exact) mass is 450 g/mol. The average Bonchev–Trinajstić information content (AvgIpc) is 2.73. The van der Waals surface area contributed by atoms with Crippen molar-refractivity contribution < 1.29 is 19.2 Å². The standard InChI is InChI=1S/C21H34N6O5/c1-21(2,3)32-20(28)26-9-4-5-16(15-26)23-18-7-6-17(27(29)30)19(24-18)22-8-10-25-11-13-31-14-12-25/h6-7,16H,4-5,8-15H2,1-3H3,(H2,22,23,24). The van der Waals surface area contributed by atoms with Crippen molar-refractivity contribution in [3.8, 4) is 0 Å². The lowest BCUT2D eigenvalue weighted by atomic mass is 10.1. The fraction of sp³-hybridized carbons (Fsp3) is 0.714. The highest BCUT2D eigenvalue weighted by molar-refractivity contribution is 5.68. The molecule has 178 valence electrons. The predicted octanol–water partition coefficient (Wildman–Crippen LogP) is 2.55. The van der Waals surface area contributed by atoms with Gasteiger partial charge in [0.2, 0.25) is 5.82 Å². The molecule has 32 heavy (non-hydrogen) atoms. The second-order valence-corrected chi connectivity index (χ2v) is 9.11. The smallest absolute Gasteiger partial charge is 0.410 e. The van der Waals surface area contributed by atoms with E-state index < -0.39 is 10.5 Å². The maximum Gasteiger partial charge on any atom is 0.410 e. The first-order valence-electron chi connectivity index (χ1n) is 11.1. The molecule has 11 nitrogen and oxygen atoms in total. The summed E-state index contributed by atoms with van der Waals surface area (Å²) >= 11 is 0. The number of ether oxygens (including phenoxy) is 2. The van der Waals surface area contributed by atoms with Gasteiger partial charge >= 0.3 is 11.8 Å². The summed E-state index contributed by atoms with van der Waals surface area (Å²) in [7, 11) is 0. The van der Waals surface area contributed by atoms with Crippen LogP contribution in [0.5, 0.6) is 0 Å². The number of likely N-dealkylation sites (tertiary alicyclic amines) is 1. The minimum absolute atomic E-state index is 0.00794. The third kappa shape index (κ3) is 7.20. The number of hydrogen-bond acceptors (Lipinski definition) is 9. The molecule has 2 fully saturated rings. The number of carbonyl (C=O) groups excluding carboxylic acids is 1. The van der Waals surface area contributed by atoms with Crippen LogP contribution < -0.4 is 10.6 Å². The number of nitrogens with one attached hydrogen (secondary N) is 2. The topological polar surface area (TPSA) is 122 Å². The Hall–Kier alpha value is -2.66. The molecule has 3 heterocycles. The minimum Gasteiger partial charge on any atom is -0.444 e. The van der Waals surface area contributed by atoms with Gasteiger partial charge in [-0.25, -0.2) is 9.78 Å². The summed E-state index contributed by atoms with van der Waals surface area (Å²) < 4.78 is 10.8. The van der Waals surface area contributed by atoms with Crippen LogP contribution in [0.4, 0.5) is 22.1 Å². The van der Waals surface area contributed by atoms with Crippen LogP contribution in [0.2, 0.25) is 0 Å². The molecule has 2 saturated heterocycles. The molecule has 2 aliphatic rings. The molecule has 0 radical (unpaired) electrons. The van der Waals surface area contributed by atoms with E-state index in [1.54, 1.807) is 11.0 Å². The molecule has 1 amide bonds. The molecular formula is C21H34N6O5. The van der Waals surface area contributed by atoms with Gasteiger partial charge in [0.15, 0.2) is 0 Å². The van der Waals surface area contributed by atoms with E-state index in [2.05, 4.69) is 20.5 Å². The molecule has 0 aromatic carbocycles. The predicted molar refractivity (Wildman–Crippen MR) is 121 cm³/mol. The van der Waals surface area contributed by atoms with Crippen molar-refractivity contribution in [3.05, 3.63) is 22.2 Å². The van der Waals surface area contributed by atoms with Crippen LogP contribution in [0.3, 0.4) is 0 Å². The van der Waals surface area contributed by atoms with Crippen molar-refractivity contribution in [1.82, 2.24) is 14.8 Å². The number of rotatable bonds is 7. The van der Waals surface area contributed by atoms with E-state index in [0.717, 1.165) is 32.5 Å². The minimum atomic E-state index is -0.542. The Bertz CT molecular complexity index is 793. The molecule has 0 saturated carbocycles. The van der Waals surface area contributed by atoms with Crippen LogP contribution in [-0.4, -0.2) is 89.9 Å². The molecule has 3 rings (SSSR count). The van der Waals surface area contributed by atoms with E-state index in [0.29, 0.717) is 38.7 Å². The van der Waals surface area contributed by atoms with Crippen molar-refractivity contribution in [2.45, 2.75) is 45.3 Å². The van der Waals surface area contributed by atoms with Gasteiger partial charge in [0.1, 0.15) is 11.4 Å². The van der Waals surface area contributed by atoms with Crippen molar-refractivity contribution >= 4 is 23.4 Å². The van der Waals surface area contributed by atoms with Gasteiger partial charge in [-0.15, -0.1) is 0 Å². The number of aromatic nitrogens is 1. The fourth-order valence-electron chi connectivity index (χ4n) is 3.76. The summed E-state index contributed by atoms with van der Waals surface area (Å²) in [6.07, 6.45) is 1.39. The number of anilines is 2. The van der Waals surface area contributed by atoms with Gasteiger partial charge in [-0.1, -0.05) is 0 Å². The van der Waals surface area contributed by atoms with Gasteiger partial charge in [0.25, 0.3) is 0 Å². The molecule has 1 aromatic heterocycles. The summed E-state index contributed by atoms with van der Waals surface area (Å²) in [5.74, 6) is 0.786. The highest BCUT2D eigenvalue weighted by Crippen LogP contribution is 2.25. The van der Waals surface area contributed by atoms with Gasteiger partial charge in [-0.05, 0) is 39.7 Å². The molecule has 1 aromatic rings. The lowest BCUT2D eigenvalue weighted by molar-refractivity contribution is -0.384. The summed E-state index contributed by atoms with van der Waals surface area (Å²) in [6, 6.07) is 3.06. The van der Waals surface area contributed by atoms with E-state index >= 15 is 0 Å². The number of pyridine rings is 1. The van der Waals surface area contributed by atoms with Crippen molar-refractivity contribution in [2.75, 3.05) is 63.1 Å². The summed E-state index contributed by atoms with van der Waals surface area (Å²) in [4.78, 5) is 31.8. The number of amides is 1. The van der Waals surface area contributed by atoms with E-state index in [9.17, 15) is 14.9 Å². The van der Waals surface area contributed by atoms with Crippen LogP contribution in [-0.2, 0) is 9.47 Å². The number of nitro groups is 1. The molecule has 0 spiro atoms. The van der Waals surface area contributed by atoms with Crippen LogP contribution in [0.25, 0.3) is 0 Å². The Balaban J connectivity index is 1.60. The van der Waals surface area contributed by atoms with Crippen molar-refractivity contribution in [2.24, 2.45) is 0 Å². The third-order valence-electron chi connectivity index (χ3n) is 5.32. The summed E-state index contributed by atoms with van der Waals surface area (Å²) in [5, 5.41) is 17.9. The Morgan fingerprint density at radius 2 is 2.06 bits per heavy atom. The zero-order valence-electron chi connectivity index (χ0n) is 19.1. The zero-order chi connectivity index (χ0) is 23.1. The van der Waals surface area contributed by atoms with Crippen LogP contribution in [0.1, 0.15) is 33.6 Å². The highest BCUT2D eigenvalue weighted by atomic mass is 16.6. The first-order valence-corrected chi connectivity index (χ1v) is 11.1. The largest absolute Gasteiger partial charge is 0.444 e. The summed E-state index contributed by atoms with van der Waals surface area (Å²) in [6.45, 7) is 11.1. The fourth-order valence-corrected chi connectivity index (χ4v) is 3.76. The van der Waals surface area contributed by atoms with E-state index in [1.807, 2.05) is 20.8 Å². The SMILES string of the molecule is CC(C)(C)OC(=O)N1CCCC(Nc2ccc([N+](=O)[O-])c(NCCN3CCOCC3)n2)C1. The summed E-state index contributed by atoms with van der Waals surface area (Å²) in [5.41, 5.74) is -0.601. The molecule has 0 aliphatic carbocycles. The average molecular weight is 451 g/mol. The lowest BCUT2D eigenvalue weighted by Gasteiger charge is -2.34. The molecule has 11 heteroatoms. The first-order chi connectivity index (χ1) is 15.2.